The van der Waals surface area contributed by atoms with Gasteiger partial charge < -0.3 is 23.8 Å². The molecule has 2 aromatic carbocycles. The van der Waals surface area contributed by atoms with Crippen LogP contribution in [0.2, 0.25) is 0 Å². The molecule has 0 N–H and O–H groups in total. The Hall–Kier alpha value is -3.22. The largest absolute Gasteiger partial charge is 0.511 e. The van der Waals surface area contributed by atoms with Gasteiger partial charge >= 0.3 is 12.2 Å². The number of likely N-dealkylation sites (tertiary alicyclic amines) is 1. The number of piperidine rings is 1. The lowest BCUT2D eigenvalue weighted by atomic mass is 9.52. The maximum Gasteiger partial charge on any atom is 0.511 e. The minimum absolute atomic E-state index is 0.0497. The van der Waals surface area contributed by atoms with E-state index in [9.17, 15) is 9.59 Å². The number of hydrogen-bond donors (Lipinski definition) is 0. The Morgan fingerprint density at radius 1 is 1.03 bits per heavy atom. The van der Waals surface area contributed by atoms with Crippen molar-refractivity contribution in [3.8, 4) is 5.75 Å². The summed E-state index contributed by atoms with van der Waals surface area (Å²) in [5.74, 6) is 1.10. The second kappa shape index (κ2) is 10.2. The average molecular weight is 480 g/mol. The normalized spacial score (nSPS) is 24.5. The number of hydrogen-bond acceptors (Lipinski definition) is 6. The summed E-state index contributed by atoms with van der Waals surface area (Å²) in [6.07, 6.45) is 5.42. The summed E-state index contributed by atoms with van der Waals surface area (Å²) >= 11 is 0. The Balaban J connectivity index is 1.33. The molecule has 7 heteroatoms. The third-order valence-corrected chi connectivity index (χ3v) is 7.91. The van der Waals surface area contributed by atoms with Gasteiger partial charge in [-0.2, -0.15) is 0 Å². The molecule has 1 saturated carbocycles. The number of rotatable bonds is 6. The molecule has 2 fully saturated rings. The van der Waals surface area contributed by atoms with Crippen molar-refractivity contribution in [1.82, 2.24) is 4.90 Å². The minimum Gasteiger partial charge on any atom is -0.457 e. The van der Waals surface area contributed by atoms with Gasteiger partial charge in [0.25, 0.3) is 0 Å². The van der Waals surface area contributed by atoms with Crippen LogP contribution < -0.4 is 4.74 Å². The van der Waals surface area contributed by atoms with Gasteiger partial charge in [-0.15, -0.1) is 0 Å². The highest BCUT2D eigenvalue weighted by Crippen LogP contribution is 2.56. The Kier molecular flexibility index (Phi) is 6.84. The molecule has 0 radical (unpaired) electrons. The molecule has 1 aliphatic heterocycles. The summed E-state index contributed by atoms with van der Waals surface area (Å²) in [5, 5.41) is 0. The van der Waals surface area contributed by atoms with Crippen molar-refractivity contribution in [2.24, 2.45) is 5.92 Å². The zero-order valence-corrected chi connectivity index (χ0v) is 20.2. The van der Waals surface area contributed by atoms with Crippen LogP contribution in [-0.4, -0.2) is 43.1 Å². The lowest BCUT2D eigenvalue weighted by Gasteiger charge is -2.58. The predicted molar refractivity (Wildman–Crippen MR) is 129 cm³/mol. The van der Waals surface area contributed by atoms with E-state index in [1.165, 1.54) is 24.0 Å². The van der Waals surface area contributed by atoms with Crippen molar-refractivity contribution < 1.29 is 28.5 Å². The van der Waals surface area contributed by atoms with Crippen LogP contribution >= 0.6 is 0 Å². The number of amides is 1. The van der Waals surface area contributed by atoms with Crippen molar-refractivity contribution in [2.45, 2.75) is 63.5 Å². The number of carbonyl (C=O) groups is 2. The molecule has 1 amide bonds. The standard InChI is InChI=1S/C28H33NO6/c1-2-32-27(31)35-19-34-22-12-11-21-16-25-23-10-6-7-13-28(23,24(21)17-22)14-15-29(25)26(30)33-18-20-8-4-3-5-9-20/h3-5,8-9,11-12,17,23,25H,2,6-7,10,13-16,18-19H2,1H3/t23-,25-,28+/m1/s1. The fourth-order valence-corrected chi connectivity index (χ4v) is 6.41. The Bertz CT molecular complexity index is 1060. The van der Waals surface area contributed by atoms with E-state index >= 15 is 0 Å². The lowest BCUT2D eigenvalue weighted by Crippen LogP contribution is -2.62. The van der Waals surface area contributed by atoms with Crippen LogP contribution in [0.3, 0.4) is 0 Å². The molecule has 3 atom stereocenters. The second-order valence-electron chi connectivity index (χ2n) is 9.67. The minimum atomic E-state index is -0.731. The van der Waals surface area contributed by atoms with Crippen LogP contribution in [-0.2, 0) is 32.7 Å². The van der Waals surface area contributed by atoms with Gasteiger partial charge in [-0.25, -0.2) is 9.59 Å². The van der Waals surface area contributed by atoms with Crippen molar-refractivity contribution in [1.29, 1.82) is 0 Å². The van der Waals surface area contributed by atoms with Crippen LogP contribution in [0.1, 0.15) is 55.7 Å². The molecule has 35 heavy (non-hydrogen) atoms. The van der Waals surface area contributed by atoms with Gasteiger partial charge in [0.1, 0.15) is 12.4 Å². The van der Waals surface area contributed by atoms with Gasteiger partial charge in [0.2, 0.25) is 6.79 Å². The molecular formula is C28H33NO6. The molecule has 186 valence electrons. The van der Waals surface area contributed by atoms with Gasteiger partial charge in [-0.1, -0.05) is 49.2 Å². The van der Waals surface area contributed by atoms with Crippen molar-refractivity contribution in [3.63, 3.8) is 0 Å². The Morgan fingerprint density at radius 2 is 1.89 bits per heavy atom. The molecule has 7 nitrogen and oxygen atoms in total. The number of carbonyl (C=O) groups excluding carboxylic acids is 2. The van der Waals surface area contributed by atoms with Crippen LogP contribution in [0.5, 0.6) is 5.75 Å². The molecule has 2 bridgehead atoms. The molecule has 5 rings (SSSR count). The lowest BCUT2D eigenvalue weighted by molar-refractivity contribution is -0.0143. The van der Waals surface area contributed by atoms with E-state index < -0.39 is 6.16 Å². The molecule has 0 spiro atoms. The second-order valence-corrected chi connectivity index (χ2v) is 9.67. The smallest absolute Gasteiger partial charge is 0.457 e. The van der Waals surface area contributed by atoms with E-state index in [2.05, 4.69) is 12.1 Å². The van der Waals surface area contributed by atoms with Gasteiger partial charge in [0.05, 0.1) is 6.61 Å². The third kappa shape index (κ3) is 4.68. The molecule has 1 saturated heterocycles. The van der Waals surface area contributed by atoms with E-state index in [0.29, 0.717) is 24.8 Å². The number of benzene rings is 2. The van der Waals surface area contributed by atoms with E-state index in [1.807, 2.05) is 41.3 Å². The van der Waals surface area contributed by atoms with Gasteiger partial charge in [-0.3, -0.25) is 0 Å². The Labute approximate surface area is 206 Å². The maximum absolute atomic E-state index is 13.2. The quantitative estimate of drug-likeness (QED) is 0.397. The van der Waals surface area contributed by atoms with Crippen molar-refractivity contribution in [3.05, 3.63) is 65.2 Å². The maximum atomic E-state index is 13.2. The highest BCUT2D eigenvalue weighted by atomic mass is 16.8. The average Bonchev–Trinajstić information content (AvgIpc) is 2.88. The van der Waals surface area contributed by atoms with Gasteiger partial charge in [0, 0.05) is 18.0 Å². The predicted octanol–water partition coefficient (Wildman–Crippen LogP) is 5.59. The SMILES string of the molecule is CCOC(=O)OCOc1ccc2c(c1)[C@]13CCCC[C@@H]1[C@@H](C2)N(C(=O)OCc1ccccc1)CC3. The summed E-state index contributed by atoms with van der Waals surface area (Å²) in [7, 11) is 0. The van der Waals surface area contributed by atoms with Gasteiger partial charge in [0.15, 0.2) is 0 Å². The molecule has 2 aromatic rings. The van der Waals surface area contributed by atoms with E-state index in [1.54, 1.807) is 6.92 Å². The van der Waals surface area contributed by atoms with Crippen LogP contribution in [0.25, 0.3) is 0 Å². The monoisotopic (exact) mass is 479 g/mol. The highest BCUT2D eigenvalue weighted by Gasteiger charge is 2.55. The Morgan fingerprint density at radius 3 is 2.71 bits per heavy atom. The van der Waals surface area contributed by atoms with Gasteiger partial charge in [-0.05, 0) is 67.3 Å². The first kappa shape index (κ1) is 23.5. The van der Waals surface area contributed by atoms with E-state index in [4.69, 9.17) is 18.9 Å². The highest BCUT2D eigenvalue weighted by molar-refractivity contribution is 5.69. The molecule has 0 aromatic heterocycles. The summed E-state index contributed by atoms with van der Waals surface area (Å²) in [6.45, 7) is 2.81. The first-order valence-electron chi connectivity index (χ1n) is 12.6. The topological polar surface area (TPSA) is 74.3 Å². The van der Waals surface area contributed by atoms with Crippen LogP contribution in [0, 0.1) is 5.92 Å². The summed E-state index contributed by atoms with van der Waals surface area (Å²) < 4.78 is 21.2. The summed E-state index contributed by atoms with van der Waals surface area (Å²) in [5.41, 5.74) is 3.66. The van der Waals surface area contributed by atoms with E-state index in [0.717, 1.165) is 31.2 Å². The first-order valence-corrected chi connectivity index (χ1v) is 12.6. The molecular weight excluding hydrogens is 446 g/mol. The number of ether oxygens (including phenoxy) is 4. The fraction of sp³-hybridized carbons (Fsp3) is 0.500. The summed E-state index contributed by atoms with van der Waals surface area (Å²) in [4.78, 5) is 26.6. The first-order chi connectivity index (χ1) is 17.1. The summed E-state index contributed by atoms with van der Waals surface area (Å²) in [6, 6.07) is 16.1. The molecule has 2 aliphatic carbocycles. The van der Waals surface area contributed by atoms with E-state index in [-0.39, 0.29) is 30.9 Å². The number of fused-ring (bicyclic) bond motifs is 1. The third-order valence-electron chi connectivity index (χ3n) is 7.91. The fourth-order valence-electron chi connectivity index (χ4n) is 6.41. The number of nitrogens with zero attached hydrogens (tertiary/aromatic N) is 1. The molecule has 0 unspecified atom stereocenters. The van der Waals surface area contributed by atoms with Crippen LogP contribution in [0.4, 0.5) is 9.59 Å². The van der Waals surface area contributed by atoms with Crippen LogP contribution in [0.15, 0.2) is 48.5 Å². The zero-order chi connectivity index (χ0) is 24.3. The van der Waals surface area contributed by atoms with Crippen molar-refractivity contribution in [2.75, 3.05) is 19.9 Å². The zero-order valence-electron chi connectivity index (χ0n) is 20.2. The molecule has 1 heterocycles. The molecule has 3 aliphatic rings. The van der Waals surface area contributed by atoms with Crippen molar-refractivity contribution >= 4 is 12.2 Å².